The second-order valence-electron chi connectivity index (χ2n) is 5.52. The minimum absolute atomic E-state index is 0.599. The molecule has 0 aromatic carbocycles. The van der Waals surface area contributed by atoms with Gasteiger partial charge in [-0.25, -0.2) is 0 Å². The van der Waals surface area contributed by atoms with Crippen molar-refractivity contribution in [2.24, 2.45) is 4.99 Å². The fraction of sp³-hybridized carbons (Fsp3) is 0.471. The van der Waals surface area contributed by atoms with Gasteiger partial charge in [-0.05, 0) is 26.3 Å². The molecule has 0 atom stereocenters. The second kappa shape index (κ2) is 8.90. The van der Waals surface area contributed by atoms with Crippen LogP contribution in [0.5, 0.6) is 5.75 Å². The SMILES string of the molecule is CN=C(NCCCn1cccn1)NCc1ncc(C)c(OC)c1C. The van der Waals surface area contributed by atoms with Crippen LogP contribution in [-0.4, -0.2) is 41.4 Å². The zero-order valence-electron chi connectivity index (χ0n) is 14.8. The van der Waals surface area contributed by atoms with Gasteiger partial charge in [0.1, 0.15) is 5.75 Å². The molecule has 0 bridgehead atoms. The van der Waals surface area contributed by atoms with Gasteiger partial charge in [0.05, 0.1) is 19.3 Å². The highest BCUT2D eigenvalue weighted by Gasteiger charge is 2.09. The number of aryl methyl sites for hydroxylation is 2. The van der Waals surface area contributed by atoms with E-state index in [4.69, 9.17) is 4.74 Å². The minimum Gasteiger partial charge on any atom is -0.496 e. The number of hydrogen-bond donors (Lipinski definition) is 2. The predicted octanol–water partition coefficient (Wildman–Crippen LogP) is 1.66. The van der Waals surface area contributed by atoms with Gasteiger partial charge in [0.2, 0.25) is 0 Å². The smallest absolute Gasteiger partial charge is 0.191 e. The van der Waals surface area contributed by atoms with Crippen LogP contribution >= 0.6 is 0 Å². The Kier molecular flexibility index (Phi) is 6.60. The van der Waals surface area contributed by atoms with E-state index < -0.39 is 0 Å². The molecule has 0 unspecified atom stereocenters. The number of nitrogens with one attached hydrogen (secondary N) is 2. The lowest BCUT2D eigenvalue weighted by molar-refractivity contribution is 0.406. The molecule has 0 saturated carbocycles. The normalized spacial score (nSPS) is 11.4. The molecule has 2 rings (SSSR count). The molecule has 2 N–H and O–H groups in total. The summed E-state index contributed by atoms with van der Waals surface area (Å²) in [6.45, 7) is 6.32. The third-order valence-corrected chi connectivity index (χ3v) is 3.81. The summed E-state index contributed by atoms with van der Waals surface area (Å²) in [6.07, 6.45) is 6.56. The maximum Gasteiger partial charge on any atom is 0.191 e. The van der Waals surface area contributed by atoms with Crippen LogP contribution in [-0.2, 0) is 13.1 Å². The summed E-state index contributed by atoms with van der Waals surface area (Å²) in [5.74, 6) is 1.65. The maximum atomic E-state index is 5.44. The van der Waals surface area contributed by atoms with Crippen molar-refractivity contribution in [2.75, 3.05) is 20.7 Å². The van der Waals surface area contributed by atoms with Gasteiger partial charge in [0.15, 0.2) is 5.96 Å². The molecule has 2 heterocycles. The molecule has 0 spiro atoms. The molecule has 0 saturated heterocycles. The molecule has 0 radical (unpaired) electrons. The number of aliphatic imine (C=N–C) groups is 1. The summed E-state index contributed by atoms with van der Waals surface area (Å²) in [4.78, 5) is 8.73. The Balaban J connectivity index is 1.81. The van der Waals surface area contributed by atoms with E-state index in [2.05, 4.69) is 25.7 Å². The van der Waals surface area contributed by atoms with Gasteiger partial charge in [-0.15, -0.1) is 0 Å². The van der Waals surface area contributed by atoms with Crippen molar-refractivity contribution < 1.29 is 4.74 Å². The Bertz CT molecular complexity index is 666. The fourth-order valence-corrected chi connectivity index (χ4v) is 2.52. The van der Waals surface area contributed by atoms with Crippen LogP contribution in [0.1, 0.15) is 23.2 Å². The molecule has 0 amide bonds. The lowest BCUT2D eigenvalue weighted by atomic mass is 10.1. The summed E-state index contributed by atoms with van der Waals surface area (Å²) < 4.78 is 7.36. The van der Waals surface area contributed by atoms with Crippen molar-refractivity contribution >= 4 is 5.96 Å². The number of guanidine groups is 1. The number of pyridine rings is 1. The van der Waals surface area contributed by atoms with E-state index in [1.807, 2.05) is 37.0 Å². The molecule has 0 aliphatic heterocycles. The topological polar surface area (TPSA) is 76.4 Å². The van der Waals surface area contributed by atoms with Crippen LogP contribution in [0, 0.1) is 13.8 Å². The van der Waals surface area contributed by atoms with Crippen molar-refractivity contribution in [3.63, 3.8) is 0 Å². The Morgan fingerprint density at radius 3 is 2.83 bits per heavy atom. The standard InChI is InChI=1S/C17H26N6O/c1-13-11-20-15(14(2)16(13)24-4)12-21-17(18-3)19-7-5-9-23-10-6-8-22-23/h6,8,10-11H,5,7,9,12H2,1-4H3,(H2,18,19,21). The first-order valence-electron chi connectivity index (χ1n) is 8.06. The summed E-state index contributed by atoms with van der Waals surface area (Å²) in [5, 5.41) is 10.8. The van der Waals surface area contributed by atoms with Gasteiger partial charge in [0, 0.05) is 49.9 Å². The zero-order chi connectivity index (χ0) is 17.4. The number of aromatic nitrogens is 3. The zero-order valence-corrected chi connectivity index (χ0v) is 14.8. The monoisotopic (exact) mass is 330 g/mol. The van der Waals surface area contributed by atoms with Crippen molar-refractivity contribution in [2.45, 2.75) is 33.4 Å². The van der Waals surface area contributed by atoms with E-state index in [1.54, 1.807) is 20.4 Å². The van der Waals surface area contributed by atoms with Crippen LogP contribution in [0.3, 0.4) is 0 Å². The molecule has 7 heteroatoms. The second-order valence-corrected chi connectivity index (χ2v) is 5.52. The lowest BCUT2D eigenvalue weighted by Gasteiger charge is -2.15. The first kappa shape index (κ1) is 17.8. The summed E-state index contributed by atoms with van der Waals surface area (Å²) in [5.41, 5.74) is 3.05. The van der Waals surface area contributed by atoms with Crippen molar-refractivity contribution in [3.05, 3.63) is 41.5 Å². The molecule has 0 aliphatic rings. The highest BCUT2D eigenvalue weighted by Crippen LogP contribution is 2.23. The van der Waals surface area contributed by atoms with E-state index >= 15 is 0 Å². The third-order valence-electron chi connectivity index (χ3n) is 3.81. The highest BCUT2D eigenvalue weighted by atomic mass is 16.5. The van der Waals surface area contributed by atoms with E-state index in [-0.39, 0.29) is 0 Å². The van der Waals surface area contributed by atoms with Crippen molar-refractivity contribution in [3.8, 4) is 5.75 Å². The molecule has 7 nitrogen and oxygen atoms in total. The highest BCUT2D eigenvalue weighted by molar-refractivity contribution is 5.79. The number of hydrogen-bond acceptors (Lipinski definition) is 4. The van der Waals surface area contributed by atoms with Gasteiger partial charge in [-0.1, -0.05) is 0 Å². The lowest BCUT2D eigenvalue weighted by Crippen LogP contribution is -2.37. The van der Waals surface area contributed by atoms with Crippen LogP contribution < -0.4 is 15.4 Å². The number of nitrogens with zero attached hydrogens (tertiary/aromatic N) is 4. The Morgan fingerprint density at radius 2 is 2.17 bits per heavy atom. The van der Waals surface area contributed by atoms with Gasteiger partial charge in [-0.3, -0.25) is 14.7 Å². The molecule has 0 aliphatic carbocycles. The van der Waals surface area contributed by atoms with Gasteiger partial charge in [0.25, 0.3) is 0 Å². The summed E-state index contributed by atoms with van der Waals surface area (Å²) in [6, 6.07) is 1.93. The molecule has 2 aromatic heterocycles. The van der Waals surface area contributed by atoms with Crippen molar-refractivity contribution in [1.29, 1.82) is 0 Å². The Hall–Kier alpha value is -2.57. The largest absolute Gasteiger partial charge is 0.496 e. The van der Waals surface area contributed by atoms with Crippen LogP contribution in [0.25, 0.3) is 0 Å². The van der Waals surface area contributed by atoms with Gasteiger partial charge < -0.3 is 15.4 Å². The molecular weight excluding hydrogens is 304 g/mol. The third kappa shape index (κ3) is 4.71. The number of methoxy groups -OCH3 is 1. The Labute approximate surface area is 143 Å². The summed E-state index contributed by atoms with van der Waals surface area (Å²) >= 11 is 0. The fourth-order valence-electron chi connectivity index (χ4n) is 2.52. The maximum absolute atomic E-state index is 5.44. The number of ether oxygens (including phenoxy) is 1. The summed E-state index contributed by atoms with van der Waals surface area (Å²) in [7, 11) is 3.45. The van der Waals surface area contributed by atoms with E-state index in [9.17, 15) is 0 Å². The average molecular weight is 330 g/mol. The number of rotatable bonds is 7. The van der Waals surface area contributed by atoms with E-state index in [0.29, 0.717) is 6.54 Å². The minimum atomic E-state index is 0.599. The average Bonchev–Trinajstić information content (AvgIpc) is 3.09. The first-order valence-corrected chi connectivity index (χ1v) is 8.06. The van der Waals surface area contributed by atoms with Gasteiger partial charge >= 0.3 is 0 Å². The molecular formula is C17H26N6O. The molecule has 130 valence electrons. The van der Waals surface area contributed by atoms with Gasteiger partial charge in [-0.2, -0.15) is 5.10 Å². The van der Waals surface area contributed by atoms with Crippen LogP contribution in [0.15, 0.2) is 29.6 Å². The predicted molar refractivity (Wildman–Crippen MR) is 95.3 cm³/mol. The van der Waals surface area contributed by atoms with Crippen LogP contribution in [0.2, 0.25) is 0 Å². The first-order chi connectivity index (χ1) is 11.7. The van der Waals surface area contributed by atoms with E-state index in [1.165, 1.54) is 0 Å². The van der Waals surface area contributed by atoms with Crippen molar-refractivity contribution in [1.82, 2.24) is 25.4 Å². The van der Waals surface area contributed by atoms with E-state index in [0.717, 1.165) is 48.0 Å². The quantitative estimate of drug-likeness (QED) is 0.459. The molecule has 2 aromatic rings. The molecule has 0 fully saturated rings. The Morgan fingerprint density at radius 1 is 1.33 bits per heavy atom. The molecule has 24 heavy (non-hydrogen) atoms. The van der Waals surface area contributed by atoms with Crippen LogP contribution in [0.4, 0.5) is 0 Å².